The lowest BCUT2D eigenvalue weighted by atomic mass is 10.1. The van der Waals surface area contributed by atoms with Crippen molar-refractivity contribution in [2.24, 2.45) is 0 Å². The first-order valence-electron chi connectivity index (χ1n) is 4.63. The second-order valence-corrected chi connectivity index (χ2v) is 4.07. The van der Waals surface area contributed by atoms with E-state index in [9.17, 15) is 4.79 Å². The monoisotopic (exact) mass is 225 g/mol. The van der Waals surface area contributed by atoms with Gasteiger partial charge in [-0.05, 0) is 37.3 Å². The van der Waals surface area contributed by atoms with Crippen molar-refractivity contribution in [3.8, 4) is 5.75 Å². The number of carbonyl (C=O) groups is 1. The van der Waals surface area contributed by atoms with E-state index in [1.807, 2.05) is 26.2 Å². The fourth-order valence-corrected chi connectivity index (χ4v) is 2.09. The molecule has 0 aliphatic heterocycles. The molecule has 0 unspecified atom stereocenters. The maximum Gasteiger partial charge on any atom is 0.412 e. The predicted molar refractivity (Wildman–Crippen MR) is 62.8 cm³/mol. The first-order chi connectivity index (χ1) is 7.08. The molecule has 0 aliphatic carbocycles. The predicted octanol–water partition coefficient (Wildman–Crippen LogP) is 2.74. The van der Waals surface area contributed by atoms with Gasteiger partial charge in [0.2, 0.25) is 0 Å². The van der Waals surface area contributed by atoms with Crippen molar-refractivity contribution < 1.29 is 9.53 Å². The van der Waals surface area contributed by atoms with Crippen LogP contribution in [0.15, 0.2) is 17.0 Å². The van der Waals surface area contributed by atoms with Gasteiger partial charge in [-0.15, -0.1) is 11.8 Å². The van der Waals surface area contributed by atoms with Gasteiger partial charge in [-0.25, -0.2) is 4.79 Å². The number of benzene rings is 1. The number of hydrogen-bond acceptors (Lipinski definition) is 3. The van der Waals surface area contributed by atoms with Crippen LogP contribution in [0.2, 0.25) is 0 Å². The molecule has 1 aromatic carbocycles. The molecule has 0 heterocycles. The molecular formula is C11H15NO2S. The van der Waals surface area contributed by atoms with Crippen molar-refractivity contribution in [2.45, 2.75) is 18.7 Å². The first kappa shape index (κ1) is 11.9. The van der Waals surface area contributed by atoms with Gasteiger partial charge in [-0.1, -0.05) is 6.07 Å². The molecule has 0 fully saturated rings. The molecule has 3 nitrogen and oxygen atoms in total. The van der Waals surface area contributed by atoms with E-state index in [4.69, 9.17) is 4.74 Å². The van der Waals surface area contributed by atoms with E-state index < -0.39 is 6.09 Å². The molecule has 1 N–H and O–H groups in total. The minimum atomic E-state index is -0.435. The van der Waals surface area contributed by atoms with Gasteiger partial charge in [-0.2, -0.15) is 0 Å². The van der Waals surface area contributed by atoms with E-state index in [2.05, 4.69) is 11.4 Å². The minimum Gasteiger partial charge on any atom is -0.409 e. The normalized spacial score (nSPS) is 9.87. The molecule has 1 amide bonds. The number of rotatable bonds is 2. The summed E-state index contributed by atoms with van der Waals surface area (Å²) >= 11 is 1.58. The molecule has 0 radical (unpaired) electrons. The summed E-state index contributed by atoms with van der Waals surface area (Å²) in [6, 6.07) is 3.94. The third kappa shape index (κ3) is 2.89. The molecule has 82 valence electrons. The molecule has 0 aromatic heterocycles. The Kier molecular flexibility index (Phi) is 4.03. The topological polar surface area (TPSA) is 38.3 Å². The minimum absolute atomic E-state index is 0.435. The SMILES string of the molecule is CNC(=O)Oc1cc(C)cc(C)c1SC. The van der Waals surface area contributed by atoms with Gasteiger partial charge < -0.3 is 10.1 Å². The third-order valence-corrected chi connectivity index (χ3v) is 2.93. The molecule has 0 saturated carbocycles. The Morgan fingerprint density at radius 1 is 1.40 bits per heavy atom. The van der Waals surface area contributed by atoms with Crippen LogP contribution in [0, 0.1) is 13.8 Å². The summed E-state index contributed by atoms with van der Waals surface area (Å²) < 4.78 is 5.18. The number of carbonyl (C=O) groups excluding carboxylic acids is 1. The van der Waals surface area contributed by atoms with Crippen LogP contribution in [-0.4, -0.2) is 19.4 Å². The number of amides is 1. The number of ether oxygens (including phenoxy) is 1. The molecule has 0 bridgehead atoms. The van der Waals surface area contributed by atoms with Gasteiger partial charge in [0.25, 0.3) is 0 Å². The first-order valence-corrected chi connectivity index (χ1v) is 5.85. The molecule has 4 heteroatoms. The lowest BCUT2D eigenvalue weighted by Gasteiger charge is -2.11. The van der Waals surface area contributed by atoms with Gasteiger partial charge in [0.1, 0.15) is 5.75 Å². The van der Waals surface area contributed by atoms with Crippen LogP contribution >= 0.6 is 11.8 Å². The number of aryl methyl sites for hydroxylation is 2. The van der Waals surface area contributed by atoms with E-state index in [1.165, 1.54) is 0 Å². The highest BCUT2D eigenvalue weighted by atomic mass is 32.2. The second kappa shape index (κ2) is 5.07. The summed E-state index contributed by atoms with van der Waals surface area (Å²) in [5.41, 5.74) is 2.21. The number of nitrogens with one attached hydrogen (secondary N) is 1. The van der Waals surface area contributed by atoms with Crippen LogP contribution in [0.4, 0.5) is 4.79 Å². The average Bonchev–Trinajstić information content (AvgIpc) is 2.17. The molecule has 1 rings (SSSR count). The maximum absolute atomic E-state index is 11.1. The fraction of sp³-hybridized carbons (Fsp3) is 0.364. The van der Waals surface area contributed by atoms with Gasteiger partial charge in [0.05, 0.1) is 4.90 Å². The van der Waals surface area contributed by atoms with Crippen LogP contribution in [0.1, 0.15) is 11.1 Å². The number of hydrogen-bond donors (Lipinski definition) is 1. The molecule has 1 aromatic rings. The van der Waals surface area contributed by atoms with Crippen LogP contribution in [0.5, 0.6) is 5.75 Å². The lowest BCUT2D eigenvalue weighted by molar-refractivity contribution is 0.202. The van der Waals surface area contributed by atoms with E-state index in [-0.39, 0.29) is 0 Å². The summed E-state index contributed by atoms with van der Waals surface area (Å²) in [5.74, 6) is 0.624. The summed E-state index contributed by atoms with van der Waals surface area (Å²) in [6.45, 7) is 3.99. The van der Waals surface area contributed by atoms with Crippen molar-refractivity contribution in [1.82, 2.24) is 5.32 Å². The number of thioether (sulfide) groups is 1. The zero-order valence-electron chi connectivity index (χ0n) is 9.38. The molecule has 0 atom stereocenters. The Balaban J connectivity index is 3.09. The standard InChI is InChI=1S/C11H15NO2S/c1-7-5-8(2)10(15-4)9(6-7)14-11(13)12-3/h5-6H,1-4H3,(H,12,13). The van der Waals surface area contributed by atoms with Crippen LogP contribution in [-0.2, 0) is 0 Å². The summed E-state index contributed by atoms with van der Waals surface area (Å²) in [5, 5.41) is 2.43. The van der Waals surface area contributed by atoms with Crippen molar-refractivity contribution in [2.75, 3.05) is 13.3 Å². The van der Waals surface area contributed by atoms with Gasteiger partial charge in [0.15, 0.2) is 0 Å². The molecule has 15 heavy (non-hydrogen) atoms. The second-order valence-electron chi connectivity index (χ2n) is 3.25. The summed E-state index contributed by atoms with van der Waals surface area (Å²) in [6.07, 6.45) is 1.53. The van der Waals surface area contributed by atoms with E-state index >= 15 is 0 Å². The largest absolute Gasteiger partial charge is 0.412 e. The highest BCUT2D eigenvalue weighted by Gasteiger charge is 2.10. The Labute approximate surface area is 94.2 Å². The molecule has 0 spiro atoms. The van der Waals surface area contributed by atoms with Gasteiger partial charge in [0, 0.05) is 7.05 Å². The van der Waals surface area contributed by atoms with E-state index in [1.54, 1.807) is 18.8 Å². The molecule has 0 saturated heterocycles. The van der Waals surface area contributed by atoms with Gasteiger partial charge >= 0.3 is 6.09 Å². The Hall–Kier alpha value is -1.16. The quantitative estimate of drug-likeness (QED) is 0.786. The zero-order chi connectivity index (χ0) is 11.4. The van der Waals surface area contributed by atoms with Crippen LogP contribution < -0.4 is 10.1 Å². The van der Waals surface area contributed by atoms with E-state index in [0.29, 0.717) is 5.75 Å². The van der Waals surface area contributed by atoms with Crippen molar-refractivity contribution in [3.63, 3.8) is 0 Å². The van der Waals surface area contributed by atoms with E-state index in [0.717, 1.165) is 16.0 Å². The van der Waals surface area contributed by atoms with Crippen LogP contribution in [0.3, 0.4) is 0 Å². The average molecular weight is 225 g/mol. The zero-order valence-corrected chi connectivity index (χ0v) is 10.2. The van der Waals surface area contributed by atoms with Crippen molar-refractivity contribution >= 4 is 17.9 Å². The summed E-state index contributed by atoms with van der Waals surface area (Å²) in [4.78, 5) is 12.1. The highest BCUT2D eigenvalue weighted by molar-refractivity contribution is 7.98. The van der Waals surface area contributed by atoms with Crippen LogP contribution in [0.25, 0.3) is 0 Å². The smallest absolute Gasteiger partial charge is 0.409 e. The summed E-state index contributed by atoms with van der Waals surface area (Å²) in [7, 11) is 1.55. The highest BCUT2D eigenvalue weighted by Crippen LogP contribution is 2.32. The Bertz CT molecular complexity index is 377. The van der Waals surface area contributed by atoms with Crippen molar-refractivity contribution in [3.05, 3.63) is 23.3 Å². The maximum atomic E-state index is 11.1. The Morgan fingerprint density at radius 3 is 2.60 bits per heavy atom. The fourth-order valence-electron chi connectivity index (χ4n) is 1.40. The Morgan fingerprint density at radius 2 is 2.07 bits per heavy atom. The van der Waals surface area contributed by atoms with Gasteiger partial charge in [-0.3, -0.25) is 0 Å². The molecular weight excluding hydrogens is 210 g/mol. The lowest BCUT2D eigenvalue weighted by Crippen LogP contribution is -2.22. The van der Waals surface area contributed by atoms with Crippen molar-refractivity contribution in [1.29, 1.82) is 0 Å². The molecule has 0 aliphatic rings. The third-order valence-electron chi connectivity index (χ3n) is 2.00.